The first-order valence-corrected chi connectivity index (χ1v) is 5.24. The Morgan fingerprint density at radius 2 is 2.00 bits per heavy atom. The van der Waals surface area contributed by atoms with Crippen LogP contribution in [0.4, 0.5) is 4.39 Å². The molecule has 0 aromatic heterocycles. The molecule has 0 aliphatic heterocycles. The maximum absolute atomic E-state index is 13.2. The minimum Gasteiger partial charge on any atom is -0.395 e. The predicted molar refractivity (Wildman–Crippen MR) is 60.8 cm³/mol. The summed E-state index contributed by atoms with van der Waals surface area (Å²) < 4.78 is 13.2. The van der Waals surface area contributed by atoms with Gasteiger partial charge < -0.3 is 5.11 Å². The number of alkyl halides is 1. The van der Waals surface area contributed by atoms with Crippen LogP contribution in [-0.2, 0) is 5.41 Å². The number of aliphatic hydroxyl groups is 1. The fourth-order valence-corrected chi connectivity index (χ4v) is 1.70. The van der Waals surface area contributed by atoms with E-state index in [0.717, 1.165) is 11.1 Å². The summed E-state index contributed by atoms with van der Waals surface area (Å²) in [6.45, 7) is 7.50. The van der Waals surface area contributed by atoms with Gasteiger partial charge in [0.1, 0.15) is 6.17 Å². The van der Waals surface area contributed by atoms with Gasteiger partial charge in [-0.1, -0.05) is 32.0 Å². The average Bonchev–Trinajstić information content (AvgIpc) is 2.17. The number of halogens is 1. The summed E-state index contributed by atoms with van der Waals surface area (Å²) in [5.74, 6) is 0. The van der Waals surface area contributed by atoms with E-state index >= 15 is 0 Å². The van der Waals surface area contributed by atoms with Crippen LogP contribution in [0.25, 0.3) is 0 Å². The van der Waals surface area contributed by atoms with E-state index in [1.54, 1.807) is 6.07 Å². The van der Waals surface area contributed by atoms with E-state index in [2.05, 4.69) is 0 Å². The van der Waals surface area contributed by atoms with Crippen LogP contribution < -0.4 is 0 Å². The van der Waals surface area contributed by atoms with Crippen LogP contribution in [0, 0.1) is 6.92 Å². The van der Waals surface area contributed by atoms with Crippen molar-refractivity contribution in [3.05, 3.63) is 34.9 Å². The zero-order valence-corrected chi connectivity index (χ0v) is 9.84. The summed E-state index contributed by atoms with van der Waals surface area (Å²) in [4.78, 5) is 0. The van der Waals surface area contributed by atoms with Gasteiger partial charge in [-0.3, -0.25) is 0 Å². The van der Waals surface area contributed by atoms with Crippen molar-refractivity contribution in [3.8, 4) is 0 Å². The van der Waals surface area contributed by atoms with Crippen LogP contribution in [0.1, 0.15) is 43.6 Å². The zero-order chi connectivity index (χ0) is 11.6. The van der Waals surface area contributed by atoms with Crippen molar-refractivity contribution in [2.24, 2.45) is 0 Å². The summed E-state index contributed by atoms with van der Waals surface area (Å²) in [6, 6.07) is 5.57. The fourth-order valence-electron chi connectivity index (χ4n) is 1.70. The third kappa shape index (κ3) is 2.57. The van der Waals surface area contributed by atoms with Crippen molar-refractivity contribution < 1.29 is 9.50 Å². The topological polar surface area (TPSA) is 20.2 Å². The molecule has 1 nitrogen and oxygen atoms in total. The number of rotatable bonds is 3. The molecular weight excluding hydrogens is 191 g/mol. The average molecular weight is 210 g/mol. The van der Waals surface area contributed by atoms with Gasteiger partial charge in [-0.2, -0.15) is 0 Å². The molecule has 2 heteroatoms. The maximum Gasteiger partial charge on any atom is 0.122 e. The lowest BCUT2D eigenvalue weighted by Gasteiger charge is -2.25. The third-order valence-electron chi connectivity index (χ3n) is 2.85. The van der Waals surface area contributed by atoms with E-state index in [1.165, 1.54) is 6.92 Å². The van der Waals surface area contributed by atoms with Gasteiger partial charge in [0.25, 0.3) is 0 Å². The molecule has 1 unspecified atom stereocenters. The van der Waals surface area contributed by atoms with E-state index in [0.29, 0.717) is 5.56 Å². The second kappa shape index (κ2) is 4.31. The zero-order valence-electron chi connectivity index (χ0n) is 9.84. The minimum atomic E-state index is -0.959. The number of benzene rings is 1. The van der Waals surface area contributed by atoms with Crippen LogP contribution in [0.15, 0.2) is 18.2 Å². The van der Waals surface area contributed by atoms with Crippen molar-refractivity contribution in [3.63, 3.8) is 0 Å². The molecule has 15 heavy (non-hydrogen) atoms. The first kappa shape index (κ1) is 12.2. The van der Waals surface area contributed by atoms with E-state index in [1.807, 2.05) is 32.9 Å². The lowest BCUT2D eigenvalue weighted by Crippen LogP contribution is -2.23. The van der Waals surface area contributed by atoms with Crippen LogP contribution in [0.3, 0.4) is 0 Å². The number of hydrogen-bond acceptors (Lipinski definition) is 1. The van der Waals surface area contributed by atoms with Crippen molar-refractivity contribution in [1.29, 1.82) is 0 Å². The van der Waals surface area contributed by atoms with E-state index in [9.17, 15) is 9.50 Å². The van der Waals surface area contributed by atoms with E-state index in [-0.39, 0.29) is 12.0 Å². The van der Waals surface area contributed by atoms with Crippen molar-refractivity contribution >= 4 is 0 Å². The van der Waals surface area contributed by atoms with Gasteiger partial charge in [0.2, 0.25) is 0 Å². The largest absolute Gasteiger partial charge is 0.395 e. The molecule has 0 saturated carbocycles. The van der Waals surface area contributed by atoms with Gasteiger partial charge >= 0.3 is 0 Å². The number of aliphatic hydroxyl groups excluding tert-OH is 1. The Balaban J connectivity index is 3.22. The van der Waals surface area contributed by atoms with Crippen LogP contribution in [-0.4, -0.2) is 11.7 Å². The molecular formula is C13H19FO. The highest BCUT2D eigenvalue weighted by molar-refractivity contribution is 5.37. The molecule has 1 aromatic rings. The summed E-state index contributed by atoms with van der Waals surface area (Å²) in [5, 5.41) is 9.31. The normalized spacial score (nSPS) is 14.0. The monoisotopic (exact) mass is 210 g/mol. The van der Waals surface area contributed by atoms with Gasteiger partial charge in [-0.15, -0.1) is 0 Å². The van der Waals surface area contributed by atoms with Gasteiger partial charge in [0, 0.05) is 5.41 Å². The molecule has 1 atom stereocenters. The minimum absolute atomic E-state index is 0.0674. The quantitative estimate of drug-likeness (QED) is 0.811. The Morgan fingerprint density at radius 1 is 1.40 bits per heavy atom. The molecule has 0 fully saturated rings. The number of hydrogen-bond donors (Lipinski definition) is 1. The second-order valence-corrected chi connectivity index (χ2v) is 4.73. The highest BCUT2D eigenvalue weighted by Crippen LogP contribution is 2.29. The third-order valence-corrected chi connectivity index (χ3v) is 2.85. The Kier molecular flexibility index (Phi) is 3.50. The summed E-state index contributed by atoms with van der Waals surface area (Å²) in [5.41, 5.74) is 2.48. The highest BCUT2D eigenvalue weighted by Gasteiger charge is 2.22. The lowest BCUT2D eigenvalue weighted by atomic mass is 9.82. The molecule has 0 radical (unpaired) electrons. The van der Waals surface area contributed by atoms with Crippen molar-refractivity contribution in [1.82, 2.24) is 0 Å². The van der Waals surface area contributed by atoms with Gasteiger partial charge in [-0.05, 0) is 30.5 Å². The standard InChI is InChI=1S/C13H19FO/c1-9-5-6-11(10(2)14)7-12(9)13(3,4)8-15/h5-7,10,15H,8H2,1-4H3. The first-order chi connectivity index (χ1) is 6.88. The Bertz CT molecular complexity index is 342. The Hall–Kier alpha value is -0.890. The summed E-state index contributed by atoms with van der Waals surface area (Å²) in [7, 11) is 0. The van der Waals surface area contributed by atoms with Crippen LogP contribution >= 0.6 is 0 Å². The molecule has 0 bridgehead atoms. The van der Waals surface area contributed by atoms with Crippen molar-refractivity contribution in [2.75, 3.05) is 6.61 Å². The molecule has 1 aromatic carbocycles. The Morgan fingerprint density at radius 3 is 2.47 bits per heavy atom. The van der Waals surface area contributed by atoms with E-state index < -0.39 is 6.17 Å². The molecule has 0 saturated heterocycles. The predicted octanol–water partition coefficient (Wildman–Crippen LogP) is 3.30. The molecule has 84 valence electrons. The Labute approximate surface area is 90.9 Å². The smallest absolute Gasteiger partial charge is 0.122 e. The first-order valence-electron chi connectivity index (χ1n) is 5.24. The second-order valence-electron chi connectivity index (χ2n) is 4.73. The molecule has 0 heterocycles. The molecule has 0 aliphatic carbocycles. The van der Waals surface area contributed by atoms with Crippen LogP contribution in [0.5, 0.6) is 0 Å². The maximum atomic E-state index is 13.2. The molecule has 1 rings (SSSR count). The van der Waals surface area contributed by atoms with Gasteiger partial charge in [0.05, 0.1) is 6.61 Å². The number of aryl methyl sites for hydroxylation is 1. The lowest BCUT2D eigenvalue weighted by molar-refractivity contribution is 0.217. The molecule has 0 aliphatic rings. The SMILES string of the molecule is Cc1ccc(C(C)F)cc1C(C)(C)CO. The summed E-state index contributed by atoms with van der Waals surface area (Å²) in [6.07, 6.45) is -0.959. The van der Waals surface area contributed by atoms with Crippen LogP contribution in [0.2, 0.25) is 0 Å². The molecule has 1 N–H and O–H groups in total. The van der Waals surface area contributed by atoms with Crippen molar-refractivity contribution in [2.45, 2.75) is 39.3 Å². The summed E-state index contributed by atoms with van der Waals surface area (Å²) >= 11 is 0. The van der Waals surface area contributed by atoms with Gasteiger partial charge in [0.15, 0.2) is 0 Å². The van der Waals surface area contributed by atoms with Gasteiger partial charge in [-0.25, -0.2) is 4.39 Å². The highest BCUT2D eigenvalue weighted by atomic mass is 19.1. The molecule has 0 spiro atoms. The molecule has 0 amide bonds. The fraction of sp³-hybridized carbons (Fsp3) is 0.538. The van der Waals surface area contributed by atoms with E-state index in [4.69, 9.17) is 0 Å².